The maximum Gasteiger partial charge on any atom is 0.263 e. The summed E-state index contributed by atoms with van der Waals surface area (Å²) in [5.41, 5.74) is 4.82. The van der Waals surface area contributed by atoms with E-state index in [0.717, 1.165) is 22.3 Å². The van der Waals surface area contributed by atoms with Crippen LogP contribution < -0.4 is 10.6 Å². The number of hydrogen-bond donors (Lipinski definition) is 2. The van der Waals surface area contributed by atoms with Crippen LogP contribution >= 0.6 is 0 Å². The average molecular weight is 619 g/mol. The summed E-state index contributed by atoms with van der Waals surface area (Å²) in [4.78, 5) is 4.46. The predicted molar refractivity (Wildman–Crippen MR) is 170 cm³/mol. The topological polar surface area (TPSA) is 141 Å². The van der Waals surface area contributed by atoms with Crippen LogP contribution in [0.15, 0.2) is 61.2 Å². The second kappa shape index (κ2) is 11.8. The number of hydrogen-bond acceptors (Lipinski definition) is 9. The highest BCUT2D eigenvalue weighted by atomic mass is 19.3. The lowest BCUT2D eigenvalue weighted by Crippen LogP contribution is -2.26. The first kappa shape index (κ1) is 30.5. The Morgan fingerprint density at radius 1 is 1.04 bits per heavy atom. The van der Waals surface area contributed by atoms with Gasteiger partial charge in [-0.25, -0.2) is 13.5 Å². The van der Waals surface area contributed by atoms with Crippen molar-refractivity contribution in [3.8, 4) is 23.3 Å². The van der Waals surface area contributed by atoms with E-state index in [-0.39, 0.29) is 5.41 Å². The standard InChI is InChI=1S/C34H32F2N10/c1-20-25(21-8-11-41-42-17-21)6-5-7-26(20)31(28-18-46(45-44-28)34(9-10-34)32(35)36)43-24-12-22(14-37)29-27(13-24)30(23(15-38)16-39-29)40-19-33(2,3)4/h5-8,11-13,16-18,31-32,43H,9-10,19H2,1-4H3,(H,39,40)/t31-/m0/s1. The number of aromatic nitrogens is 6. The summed E-state index contributed by atoms with van der Waals surface area (Å²) in [6.07, 6.45) is 4.43. The van der Waals surface area contributed by atoms with Crippen LogP contribution in [0.4, 0.5) is 20.2 Å². The van der Waals surface area contributed by atoms with Crippen LogP contribution in [0.3, 0.4) is 0 Å². The molecule has 0 radical (unpaired) electrons. The van der Waals surface area contributed by atoms with Crippen molar-refractivity contribution in [3.05, 3.63) is 89.1 Å². The molecule has 1 atom stereocenters. The van der Waals surface area contributed by atoms with Gasteiger partial charge in [0.1, 0.15) is 23.4 Å². The molecule has 12 heteroatoms. The third-order valence-electron chi connectivity index (χ3n) is 8.33. The monoisotopic (exact) mass is 618 g/mol. The predicted octanol–water partition coefficient (Wildman–Crippen LogP) is 6.75. The highest BCUT2D eigenvalue weighted by Gasteiger charge is 2.54. The Hall–Kier alpha value is -5.49. The van der Waals surface area contributed by atoms with Gasteiger partial charge in [0.25, 0.3) is 6.43 Å². The van der Waals surface area contributed by atoms with E-state index in [2.05, 4.69) is 69.0 Å². The molecular weight excluding hydrogens is 586 g/mol. The van der Waals surface area contributed by atoms with Gasteiger partial charge in [0, 0.05) is 29.4 Å². The molecule has 10 nitrogen and oxygen atoms in total. The van der Waals surface area contributed by atoms with Gasteiger partial charge >= 0.3 is 0 Å². The van der Waals surface area contributed by atoms with Crippen molar-refractivity contribution in [2.75, 3.05) is 17.2 Å². The van der Waals surface area contributed by atoms with E-state index in [0.29, 0.717) is 58.5 Å². The van der Waals surface area contributed by atoms with Gasteiger partial charge in [-0.1, -0.05) is 44.2 Å². The van der Waals surface area contributed by atoms with Crippen LogP contribution in [0.5, 0.6) is 0 Å². The summed E-state index contributed by atoms with van der Waals surface area (Å²) < 4.78 is 29.3. The Balaban J connectivity index is 1.50. The molecular formula is C34H32F2N10. The SMILES string of the molecule is Cc1c(-c2ccnnc2)cccc1[C@H](Nc1cc(C#N)c2ncc(C#N)c(NCC(C)(C)C)c2c1)c1cn(C2(C(F)F)CC2)nn1. The van der Waals surface area contributed by atoms with Crippen molar-refractivity contribution < 1.29 is 8.78 Å². The van der Waals surface area contributed by atoms with Gasteiger partial charge in [-0.3, -0.25) is 4.98 Å². The van der Waals surface area contributed by atoms with Gasteiger partial charge in [0.2, 0.25) is 0 Å². The van der Waals surface area contributed by atoms with E-state index >= 15 is 0 Å². The molecule has 0 spiro atoms. The molecule has 0 saturated heterocycles. The molecule has 1 aliphatic rings. The molecule has 3 aromatic heterocycles. The van der Waals surface area contributed by atoms with Gasteiger partial charge in [0.15, 0.2) is 0 Å². The molecule has 2 N–H and O–H groups in total. The van der Waals surface area contributed by atoms with Crippen LogP contribution in [0.1, 0.15) is 67.6 Å². The Bertz CT molecular complexity index is 2000. The van der Waals surface area contributed by atoms with Crippen molar-refractivity contribution in [1.82, 2.24) is 30.2 Å². The summed E-state index contributed by atoms with van der Waals surface area (Å²) in [7, 11) is 0. The van der Waals surface area contributed by atoms with Crippen LogP contribution in [-0.2, 0) is 5.54 Å². The molecule has 0 amide bonds. The highest BCUT2D eigenvalue weighted by Crippen LogP contribution is 2.48. The number of pyridine rings is 1. The number of nitrogens with one attached hydrogen (secondary N) is 2. The van der Waals surface area contributed by atoms with E-state index in [9.17, 15) is 19.3 Å². The van der Waals surface area contributed by atoms with Crippen LogP contribution in [0.25, 0.3) is 22.0 Å². The first-order chi connectivity index (χ1) is 22.0. The van der Waals surface area contributed by atoms with E-state index in [1.54, 1.807) is 24.7 Å². The van der Waals surface area contributed by atoms with Gasteiger partial charge in [0.05, 0.1) is 47.0 Å². The molecule has 1 fully saturated rings. The van der Waals surface area contributed by atoms with Crippen LogP contribution in [-0.4, -0.2) is 43.1 Å². The lowest BCUT2D eigenvalue weighted by Gasteiger charge is -2.23. The molecule has 0 unspecified atom stereocenters. The van der Waals surface area contributed by atoms with E-state index < -0.39 is 18.0 Å². The lowest BCUT2D eigenvalue weighted by molar-refractivity contribution is 0.0593. The van der Waals surface area contributed by atoms with Gasteiger partial charge in [-0.2, -0.15) is 20.7 Å². The number of anilines is 2. The molecule has 1 saturated carbocycles. The van der Waals surface area contributed by atoms with Gasteiger partial charge < -0.3 is 10.6 Å². The summed E-state index contributed by atoms with van der Waals surface area (Å²) in [6, 6.07) is 15.1. The minimum absolute atomic E-state index is 0.0861. The largest absolute Gasteiger partial charge is 0.383 e. The van der Waals surface area contributed by atoms with Crippen LogP contribution in [0.2, 0.25) is 0 Å². The molecule has 5 aromatic rings. The summed E-state index contributed by atoms with van der Waals surface area (Å²) in [6.45, 7) is 8.80. The van der Waals surface area contributed by atoms with Gasteiger partial charge in [-0.15, -0.1) is 5.10 Å². The maximum absolute atomic E-state index is 14.0. The summed E-state index contributed by atoms with van der Waals surface area (Å²) in [5, 5.41) is 44.1. The molecule has 0 bridgehead atoms. The van der Waals surface area contributed by atoms with Crippen molar-refractivity contribution in [2.24, 2.45) is 5.41 Å². The molecule has 232 valence electrons. The zero-order valence-electron chi connectivity index (χ0n) is 25.9. The minimum atomic E-state index is -2.57. The minimum Gasteiger partial charge on any atom is -0.383 e. The number of nitriles is 2. The van der Waals surface area contributed by atoms with Crippen molar-refractivity contribution >= 4 is 22.3 Å². The number of benzene rings is 2. The molecule has 3 heterocycles. The molecule has 2 aromatic carbocycles. The fourth-order valence-electron chi connectivity index (χ4n) is 5.61. The molecule has 6 rings (SSSR count). The Kier molecular flexibility index (Phi) is 7.82. The zero-order chi connectivity index (χ0) is 32.6. The Morgan fingerprint density at radius 3 is 2.48 bits per heavy atom. The molecule has 0 aliphatic heterocycles. The Labute approximate surface area is 265 Å². The first-order valence-electron chi connectivity index (χ1n) is 14.9. The fraction of sp³-hybridized carbons (Fsp3) is 0.324. The second-order valence-electron chi connectivity index (χ2n) is 12.8. The average Bonchev–Trinajstić information content (AvgIpc) is 3.72. The quantitative estimate of drug-likeness (QED) is 0.183. The van der Waals surface area contributed by atoms with Crippen molar-refractivity contribution in [1.29, 1.82) is 10.5 Å². The van der Waals surface area contributed by atoms with Crippen molar-refractivity contribution in [3.63, 3.8) is 0 Å². The number of rotatable bonds is 9. The first-order valence-corrected chi connectivity index (χ1v) is 14.9. The number of nitrogens with zero attached hydrogens (tertiary/aromatic N) is 8. The number of alkyl halides is 2. The maximum atomic E-state index is 14.0. The third-order valence-corrected chi connectivity index (χ3v) is 8.33. The van der Waals surface area contributed by atoms with E-state index in [1.807, 2.05) is 37.3 Å². The second-order valence-corrected chi connectivity index (χ2v) is 12.8. The number of fused-ring (bicyclic) bond motifs is 1. The molecule has 1 aliphatic carbocycles. The fourth-order valence-corrected chi connectivity index (χ4v) is 5.61. The number of halogens is 2. The zero-order valence-corrected chi connectivity index (χ0v) is 25.9. The van der Waals surface area contributed by atoms with Gasteiger partial charge in [-0.05, 0) is 60.1 Å². The summed E-state index contributed by atoms with van der Waals surface area (Å²) in [5.74, 6) is 0. The summed E-state index contributed by atoms with van der Waals surface area (Å²) >= 11 is 0. The lowest BCUT2D eigenvalue weighted by atomic mass is 9.92. The normalized spacial score (nSPS) is 14.5. The van der Waals surface area contributed by atoms with E-state index in [4.69, 9.17) is 0 Å². The van der Waals surface area contributed by atoms with E-state index in [1.165, 1.54) is 10.9 Å². The third kappa shape index (κ3) is 5.70. The van der Waals surface area contributed by atoms with Crippen molar-refractivity contribution in [2.45, 2.75) is 58.5 Å². The smallest absolute Gasteiger partial charge is 0.263 e. The molecule has 46 heavy (non-hydrogen) atoms. The Morgan fingerprint density at radius 2 is 1.83 bits per heavy atom. The highest BCUT2D eigenvalue weighted by molar-refractivity contribution is 5.99. The van der Waals surface area contributed by atoms with Crippen LogP contribution in [0, 0.1) is 35.0 Å².